The van der Waals surface area contributed by atoms with Crippen molar-refractivity contribution in [2.24, 2.45) is 0 Å². The minimum absolute atomic E-state index is 0.0146. The molecule has 0 aliphatic carbocycles. The van der Waals surface area contributed by atoms with Gasteiger partial charge in [-0.3, -0.25) is 4.79 Å². The molecule has 12 heteroatoms. The lowest BCUT2D eigenvalue weighted by atomic mass is 9.96. The number of carbonyl (C=O) groups excluding carboxylic acids is 1. The number of rotatable bonds is 6. The number of ether oxygens (including phenoxy) is 2. The average molecular weight is 480 g/mol. The number of nitrogens with zero attached hydrogens (tertiary/aromatic N) is 2. The number of ketones is 1. The van der Waals surface area contributed by atoms with Crippen LogP contribution in [0.15, 0.2) is 26.9 Å². The molecule has 9 nitrogen and oxygen atoms in total. The van der Waals surface area contributed by atoms with Crippen LogP contribution in [0.3, 0.4) is 0 Å². The molecular weight excluding hydrogens is 466 g/mol. The molecule has 0 saturated heterocycles. The van der Waals surface area contributed by atoms with Crippen LogP contribution in [0.5, 0.6) is 11.5 Å². The van der Waals surface area contributed by atoms with Gasteiger partial charge in [0.2, 0.25) is 6.79 Å². The Hall–Kier alpha value is -3.07. The van der Waals surface area contributed by atoms with Gasteiger partial charge in [-0.25, -0.2) is 13.1 Å². The molecule has 3 aromatic rings. The van der Waals surface area contributed by atoms with Crippen LogP contribution in [0.1, 0.15) is 32.1 Å². The summed E-state index contributed by atoms with van der Waals surface area (Å²) < 4.78 is 43.6. The van der Waals surface area contributed by atoms with Gasteiger partial charge in [-0.1, -0.05) is 16.8 Å². The molecular formula is C19H14ClN3O6S2. The Bertz CT molecular complexity index is 1350. The van der Waals surface area contributed by atoms with Gasteiger partial charge in [-0.2, -0.15) is 5.26 Å². The van der Waals surface area contributed by atoms with Crippen LogP contribution in [0.25, 0.3) is 0 Å². The van der Waals surface area contributed by atoms with Crippen molar-refractivity contribution in [2.75, 3.05) is 11.5 Å². The number of sulfonamides is 1. The van der Waals surface area contributed by atoms with Gasteiger partial charge in [-0.15, -0.1) is 11.3 Å². The van der Waals surface area contributed by atoms with E-state index in [1.54, 1.807) is 13.8 Å². The van der Waals surface area contributed by atoms with E-state index in [0.29, 0.717) is 28.3 Å². The summed E-state index contributed by atoms with van der Waals surface area (Å²) in [5, 5.41) is 14.6. The first kappa shape index (κ1) is 21.2. The average Bonchev–Trinajstić information content (AvgIpc) is 3.47. The summed E-state index contributed by atoms with van der Waals surface area (Å²) in [4.78, 5) is 12.9. The maximum Gasteiger partial charge on any atom is 0.265 e. The van der Waals surface area contributed by atoms with Crippen molar-refractivity contribution in [1.82, 2.24) is 5.16 Å². The summed E-state index contributed by atoms with van der Waals surface area (Å²) in [5.41, 5.74) is 1.64. The molecule has 1 aromatic carbocycles. The van der Waals surface area contributed by atoms with Crippen LogP contribution in [0, 0.1) is 25.2 Å². The van der Waals surface area contributed by atoms with E-state index < -0.39 is 15.8 Å². The zero-order valence-corrected chi connectivity index (χ0v) is 18.6. The van der Waals surface area contributed by atoms with Crippen molar-refractivity contribution in [3.8, 4) is 17.6 Å². The van der Waals surface area contributed by atoms with Gasteiger partial charge in [-0.05, 0) is 30.9 Å². The predicted molar refractivity (Wildman–Crippen MR) is 111 cm³/mol. The van der Waals surface area contributed by atoms with Gasteiger partial charge >= 0.3 is 0 Å². The number of benzene rings is 1. The Labute approximate surface area is 186 Å². The van der Waals surface area contributed by atoms with Crippen molar-refractivity contribution in [3.05, 3.63) is 49.8 Å². The Balaban J connectivity index is 1.66. The van der Waals surface area contributed by atoms with Gasteiger partial charge in [0.15, 0.2) is 17.3 Å². The van der Waals surface area contributed by atoms with E-state index in [-0.39, 0.29) is 39.5 Å². The van der Waals surface area contributed by atoms with E-state index in [1.807, 2.05) is 0 Å². The molecule has 2 aromatic heterocycles. The topological polar surface area (TPSA) is 132 Å². The fourth-order valence-corrected chi connectivity index (χ4v) is 5.68. The van der Waals surface area contributed by atoms with Crippen molar-refractivity contribution in [1.29, 1.82) is 5.26 Å². The molecule has 0 bridgehead atoms. The summed E-state index contributed by atoms with van der Waals surface area (Å²) in [5.74, 6) is 0.210. The number of carbonyl (C=O) groups is 1. The van der Waals surface area contributed by atoms with Crippen LogP contribution in [-0.4, -0.2) is 26.2 Å². The number of hydrogen-bond donors (Lipinski definition) is 1. The van der Waals surface area contributed by atoms with Gasteiger partial charge in [0.25, 0.3) is 15.9 Å². The molecule has 4 rings (SSSR count). The molecule has 0 spiro atoms. The maximum absolute atomic E-state index is 13.1. The van der Waals surface area contributed by atoms with E-state index in [9.17, 15) is 18.5 Å². The van der Waals surface area contributed by atoms with E-state index in [1.165, 1.54) is 17.5 Å². The van der Waals surface area contributed by atoms with Crippen LogP contribution in [0.4, 0.5) is 5.88 Å². The third-order valence-corrected chi connectivity index (χ3v) is 7.59. The second-order valence-electron chi connectivity index (χ2n) is 6.60. The van der Waals surface area contributed by atoms with E-state index in [2.05, 4.69) is 15.9 Å². The molecule has 1 aliphatic heterocycles. The number of halogens is 1. The highest BCUT2D eigenvalue weighted by molar-refractivity contribution is 7.93. The summed E-state index contributed by atoms with van der Waals surface area (Å²) in [6.45, 7) is 3.31. The lowest BCUT2D eigenvalue weighted by Crippen LogP contribution is -2.16. The molecule has 3 heterocycles. The molecule has 0 amide bonds. The van der Waals surface area contributed by atoms with E-state index >= 15 is 0 Å². The fraction of sp³-hybridized carbons (Fsp3) is 0.211. The Morgan fingerprint density at radius 2 is 2.16 bits per heavy atom. The summed E-state index contributed by atoms with van der Waals surface area (Å²) in [6.07, 6.45) is -0.184. The van der Waals surface area contributed by atoms with Crippen molar-refractivity contribution in [2.45, 2.75) is 25.2 Å². The molecule has 1 aliphatic rings. The minimum Gasteiger partial charge on any atom is -0.454 e. The Morgan fingerprint density at radius 1 is 1.39 bits per heavy atom. The lowest BCUT2D eigenvalue weighted by Gasteiger charge is -2.11. The number of nitriles is 1. The number of nitrogens with one attached hydrogen (secondary N) is 1. The van der Waals surface area contributed by atoms with Gasteiger partial charge < -0.3 is 14.0 Å². The molecule has 160 valence electrons. The number of thiophene rings is 1. The van der Waals surface area contributed by atoms with Crippen LogP contribution in [0.2, 0.25) is 5.02 Å². The zero-order chi connectivity index (χ0) is 22.3. The zero-order valence-electron chi connectivity index (χ0n) is 16.2. The number of hydrogen-bond acceptors (Lipinski definition) is 9. The highest BCUT2D eigenvalue weighted by atomic mass is 35.5. The number of aryl methyl sites for hydroxylation is 1. The molecule has 1 N–H and O–H groups in total. The van der Waals surface area contributed by atoms with E-state index in [4.69, 9.17) is 25.6 Å². The standard InChI is InChI=1S/C19H14ClN3O6S2/c1-9-12(11(7-21)5-14-17(9)28-8-27-14)6-13(24)18-15(3-4-30-18)31(25,26)23-19-16(20)10(2)22-29-19/h3-5,23H,6,8H2,1-2H3. The Morgan fingerprint density at radius 3 is 2.84 bits per heavy atom. The minimum atomic E-state index is -4.17. The quantitative estimate of drug-likeness (QED) is 0.527. The molecule has 0 unspecified atom stereocenters. The Kier molecular flexibility index (Phi) is 5.38. The summed E-state index contributed by atoms with van der Waals surface area (Å²) in [6, 6.07) is 4.88. The number of Topliss-reactive ketones (excluding diaryl/α,β-unsaturated/α-hetero) is 1. The van der Waals surface area contributed by atoms with E-state index in [0.717, 1.165) is 11.3 Å². The third-order valence-electron chi connectivity index (χ3n) is 4.68. The number of aromatic nitrogens is 1. The number of fused-ring (bicyclic) bond motifs is 1. The monoisotopic (exact) mass is 479 g/mol. The molecule has 0 saturated carbocycles. The third kappa shape index (κ3) is 3.74. The predicted octanol–water partition coefficient (Wildman–Crippen LogP) is 3.83. The molecule has 31 heavy (non-hydrogen) atoms. The van der Waals surface area contributed by atoms with Crippen molar-refractivity contribution >= 4 is 44.6 Å². The fourth-order valence-electron chi connectivity index (χ4n) is 3.13. The van der Waals surface area contributed by atoms with Gasteiger partial charge in [0.05, 0.1) is 16.5 Å². The number of anilines is 1. The first-order valence-corrected chi connectivity index (χ1v) is 11.5. The molecule has 0 radical (unpaired) electrons. The van der Waals surface area contributed by atoms with Gasteiger partial charge in [0, 0.05) is 18.1 Å². The van der Waals surface area contributed by atoms with Crippen LogP contribution >= 0.6 is 22.9 Å². The van der Waals surface area contributed by atoms with Gasteiger partial charge in [0.1, 0.15) is 15.6 Å². The lowest BCUT2D eigenvalue weighted by molar-refractivity contribution is 0.0993. The van der Waals surface area contributed by atoms with Crippen molar-refractivity contribution < 1.29 is 27.2 Å². The second-order valence-corrected chi connectivity index (χ2v) is 9.55. The normalized spacial score (nSPS) is 12.6. The molecule has 0 atom stereocenters. The maximum atomic E-state index is 13.1. The second kappa shape index (κ2) is 7.88. The van der Waals surface area contributed by atoms with Crippen LogP contribution in [-0.2, 0) is 16.4 Å². The van der Waals surface area contributed by atoms with Crippen molar-refractivity contribution in [3.63, 3.8) is 0 Å². The first-order chi connectivity index (χ1) is 14.7. The first-order valence-electron chi connectivity index (χ1n) is 8.80. The summed E-state index contributed by atoms with van der Waals surface area (Å²) in [7, 11) is -4.17. The SMILES string of the molecule is Cc1noc(NS(=O)(=O)c2ccsc2C(=O)Cc2c(C#N)cc3c(c2C)OCO3)c1Cl. The molecule has 0 fully saturated rings. The summed E-state index contributed by atoms with van der Waals surface area (Å²) >= 11 is 6.96. The largest absolute Gasteiger partial charge is 0.454 e. The van der Waals surface area contributed by atoms with Crippen LogP contribution < -0.4 is 14.2 Å². The highest BCUT2D eigenvalue weighted by Gasteiger charge is 2.29. The smallest absolute Gasteiger partial charge is 0.265 e. The highest BCUT2D eigenvalue weighted by Crippen LogP contribution is 2.39.